The molecular weight excluding hydrogens is 270 g/mol. The van der Waals surface area contributed by atoms with E-state index in [1.165, 1.54) is 0 Å². The van der Waals surface area contributed by atoms with Gasteiger partial charge >= 0.3 is 12.0 Å². The maximum atomic E-state index is 12.2. The number of rotatable bonds is 4. The van der Waals surface area contributed by atoms with Crippen molar-refractivity contribution in [2.45, 2.75) is 62.9 Å². The highest BCUT2D eigenvalue weighted by molar-refractivity contribution is 5.77. The fraction of sp³-hybridized carbons (Fsp3) is 0.867. The van der Waals surface area contributed by atoms with Crippen LogP contribution in [0, 0.1) is 0 Å². The number of amides is 2. The van der Waals surface area contributed by atoms with Crippen molar-refractivity contribution >= 4 is 12.0 Å². The van der Waals surface area contributed by atoms with Crippen LogP contribution >= 0.6 is 0 Å². The molecule has 1 aliphatic carbocycles. The van der Waals surface area contributed by atoms with Gasteiger partial charge < -0.3 is 20.6 Å². The minimum atomic E-state index is -0.837. The molecule has 0 spiro atoms. The highest BCUT2D eigenvalue weighted by Crippen LogP contribution is 2.31. The number of aliphatic carboxylic acids is 1. The number of nitrogens with one attached hydrogen (secondary N) is 2. The number of nitrogens with zero attached hydrogens (tertiary/aromatic N) is 1. The lowest BCUT2D eigenvalue weighted by Crippen LogP contribution is -2.56. The summed E-state index contributed by atoms with van der Waals surface area (Å²) in [7, 11) is 2.08. The van der Waals surface area contributed by atoms with Crippen LogP contribution in [0.2, 0.25) is 0 Å². The van der Waals surface area contributed by atoms with Crippen LogP contribution < -0.4 is 10.6 Å². The number of carboxylic acids is 1. The molecule has 2 aliphatic rings. The van der Waals surface area contributed by atoms with Gasteiger partial charge in [-0.1, -0.05) is 19.3 Å². The van der Waals surface area contributed by atoms with Crippen LogP contribution in [0.25, 0.3) is 0 Å². The van der Waals surface area contributed by atoms with Gasteiger partial charge in [0, 0.05) is 6.04 Å². The average Bonchev–Trinajstić information content (AvgIpc) is 2.41. The zero-order valence-electron chi connectivity index (χ0n) is 12.9. The van der Waals surface area contributed by atoms with Gasteiger partial charge in [0.15, 0.2) is 0 Å². The summed E-state index contributed by atoms with van der Waals surface area (Å²) in [6.07, 6.45) is 6.56. The molecule has 6 nitrogen and oxygen atoms in total. The second-order valence-electron chi connectivity index (χ2n) is 6.59. The fourth-order valence-electron chi connectivity index (χ4n) is 3.48. The summed E-state index contributed by atoms with van der Waals surface area (Å²) >= 11 is 0. The highest BCUT2D eigenvalue weighted by Gasteiger charge is 2.36. The lowest BCUT2D eigenvalue weighted by atomic mass is 9.79. The molecule has 0 unspecified atom stereocenters. The van der Waals surface area contributed by atoms with E-state index in [-0.39, 0.29) is 18.5 Å². The van der Waals surface area contributed by atoms with E-state index >= 15 is 0 Å². The standard InChI is InChI=1S/C15H27N3O3/c1-18-9-5-12(6-10-18)16-14(21)17-15(11-13(19)20)7-3-2-4-8-15/h12H,2-11H2,1H3,(H,19,20)(H2,16,17,21). The molecule has 1 saturated heterocycles. The molecule has 2 rings (SSSR count). The van der Waals surface area contributed by atoms with Crippen molar-refractivity contribution in [3.63, 3.8) is 0 Å². The first-order valence-electron chi connectivity index (χ1n) is 7.98. The molecule has 1 aliphatic heterocycles. The Hall–Kier alpha value is -1.30. The fourth-order valence-corrected chi connectivity index (χ4v) is 3.48. The number of carboxylic acid groups (broad SMARTS) is 1. The number of hydrogen-bond acceptors (Lipinski definition) is 3. The zero-order valence-corrected chi connectivity index (χ0v) is 12.9. The van der Waals surface area contributed by atoms with Gasteiger partial charge in [-0.05, 0) is 45.8 Å². The first kappa shape index (κ1) is 16.1. The van der Waals surface area contributed by atoms with Crippen molar-refractivity contribution in [1.29, 1.82) is 0 Å². The van der Waals surface area contributed by atoms with Gasteiger partial charge in [-0.2, -0.15) is 0 Å². The third-order valence-electron chi connectivity index (χ3n) is 4.73. The SMILES string of the molecule is CN1CCC(NC(=O)NC2(CC(=O)O)CCCCC2)CC1. The number of carbonyl (C=O) groups excluding carboxylic acids is 1. The van der Waals surface area contributed by atoms with Crippen molar-refractivity contribution in [3.8, 4) is 0 Å². The van der Waals surface area contributed by atoms with Gasteiger partial charge in [-0.15, -0.1) is 0 Å². The van der Waals surface area contributed by atoms with E-state index in [2.05, 4.69) is 22.6 Å². The van der Waals surface area contributed by atoms with Gasteiger partial charge in [-0.25, -0.2) is 4.79 Å². The van der Waals surface area contributed by atoms with Crippen molar-refractivity contribution < 1.29 is 14.7 Å². The summed E-state index contributed by atoms with van der Waals surface area (Å²) in [5.41, 5.74) is -0.556. The number of hydrogen-bond donors (Lipinski definition) is 3. The van der Waals surface area contributed by atoms with Gasteiger partial charge in [0.05, 0.1) is 12.0 Å². The predicted octanol–water partition coefficient (Wildman–Crippen LogP) is 1.56. The van der Waals surface area contributed by atoms with E-state index < -0.39 is 11.5 Å². The number of likely N-dealkylation sites (tertiary alicyclic amines) is 1. The monoisotopic (exact) mass is 297 g/mol. The Morgan fingerprint density at radius 3 is 2.38 bits per heavy atom. The summed E-state index contributed by atoms with van der Waals surface area (Å²) in [5, 5.41) is 15.1. The van der Waals surface area contributed by atoms with Crippen LogP contribution in [0.3, 0.4) is 0 Å². The number of piperidine rings is 1. The minimum Gasteiger partial charge on any atom is -0.481 e. The summed E-state index contributed by atoms with van der Waals surface area (Å²) in [4.78, 5) is 25.6. The van der Waals surface area contributed by atoms with E-state index in [9.17, 15) is 9.59 Å². The average molecular weight is 297 g/mol. The van der Waals surface area contributed by atoms with Crippen LogP contribution in [0.15, 0.2) is 0 Å². The highest BCUT2D eigenvalue weighted by atomic mass is 16.4. The van der Waals surface area contributed by atoms with Gasteiger partial charge in [0.2, 0.25) is 0 Å². The molecule has 0 aromatic rings. The Labute approximate surface area is 126 Å². The third-order valence-corrected chi connectivity index (χ3v) is 4.73. The Morgan fingerprint density at radius 2 is 1.81 bits per heavy atom. The predicted molar refractivity (Wildman–Crippen MR) is 80.3 cm³/mol. The van der Waals surface area contributed by atoms with Crippen LogP contribution in [-0.2, 0) is 4.79 Å². The lowest BCUT2D eigenvalue weighted by molar-refractivity contribution is -0.139. The summed E-state index contributed by atoms with van der Waals surface area (Å²) < 4.78 is 0. The van der Waals surface area contributed by atoms with E-state index in [4.69, 9.17) is 5.11 Å². The van der Waals surface area contributed by atoms with Crippen LogP contribution in [0.5, 0.6) is 0 Å². The number of carbonyl (C=O) groups is 2. The molecule has 2 amide bonds. The summed E-state index contributed by atoms with van der Waals surface area (Å²) in [6, 6.07) is -0.000582. The van der Waals surface area contributed by atoms with E-state index in [1.807, 2.05) is 0 Å². The Kier molecular flexibility index (Phi) is 5.45. The molecule has 120 valence electrons. The normalized spacial score (nSPS) is 23.5. The molecule has 0 radical (unpaired) electrons. The third kappa shape index (κ3) is 4.88. The first-order valence-corrected chi connectivity index (χ1v) is 7.98. The van der Waals surface area contributed by atoms with Crippen molar-refractivity contribution in [2.75, 3.05) is 20.1 Å². The van der Waals surface area contributed by atoms with E-state index in [0.29, 0.717) is 0 Å². The Bertz CT molecular complexity index is 372. The smallest absolute Gasteiger partial charge is 0.315 e. The van der Waals surface area contributed by atoms with Gasteiger partial charge in [0.25, 0.3) is 0 Å². The topological polar surface area (TPSA) is 81.7 Å². The van der Waals surface area contributed by atoms with Crippen molar-refractivity contribution in [2.24, 2.45) is 0 Å². The lowest BCUT2D eigenvalue weighted by Gasteiger charge is -2.38. The Balaban J connectivity index is 1.87. The first-order chi connectivity index (χ1) is 9.99. The molecule has 0 atom stereocenters. The van der Waals surface area contributed by atoms with Crippen LogP contribution in [0.4, 0.5) is 4.79 Å². The second kappa shape index (κ2) is 7.11. The quantitative estimate of drug-likeness (QED) is 0.735. The molecule has 1 saturated carbocycles. The molecule has 2 fully saturated rings. The Morgan fingerprint density at radius 1 is 1.19 bits per heavy atom. The largest absolute Gasteiger partial charge is 0.481 e. The molecular formula is C15H27N3O3. The maximum Gasteiger partial charge on any atom is 0.315 e. The van der Waals surface area contributed by atoms with Gasteiger partial charge in [-0.3, -0.25) is 4.79 Å². The summed E-state index contributed by atoms with van der Waals surface area (Å²) in [5.74, 6) is -0.837. The molecule has 3 N–H and O–H groups in total. The number of urea groups is 1. The molecule has 0 bridgehead atoms. The molecule has 0 aromatic heterocycles. The van der Waals surface area contributed by atoms with Crippen LogP contribution in [0.1, 0.15) is 51.4 Å². The molecule has 1 heterocycles. The molecule has 6 heteroatoms. The van der Waals surface area contributed by atoms with Crippen molar-refractivity contribution in [3.05, 3.63) is 0 Å². The molecule has 0 aromatic carbocycles. The van der Waals surface area contributed by atoms with Gasteiger partial charge in [0.1, 0.15) is 0 Å². The summed E-state index contributed by atoms with van der Waals surface area (Å²) in [6.45, 7) is 1.98. The van der Waals surface area contributed by atoms with Crippen molar-refractivity contribution in [1.82, 2.24) is 15.5 Å². The van der Waals surface area contributed by atoms with E-state index in [0.717, 1.165) is 58.0 Å². The minimum absolute atomic E-state index is 0.0217. The van der Waals surface area contributed by atoms with Crippen LogP contribution in [-0.4, -0.2) is 53.7 Å². The molecule has 21 heavy (non-hydrogen) atoms. The second-order valence-corrected chi connectivity index (χ2v) is 6.59. The maximum absolute atomic E-state index is 12.2. The zero-order chi connectivity index (χ0) is 15.3. The van der Waals surface area contributed by atoms with E-state index in [1.54, 1.807) is 0 Å².